The van der Waals surface area contributed by atoms with Crippen LogP contribution in [0.15, 0.2) is 47.3 Å². The molecule has 1 aromatic carbocycles. The van der Waals surface area contributed by atoms with E-state index < -0.39 is 0 Å². The fourth-order valence-electron chi connectivity index (χ4n) is 3.52. The van der Waals surface area contributed by atoms with Crippen molar-refractivity contribution in [2.45, 2.75) is 25.3 Å². The van der Waals surface area contributed by atoms with E-state index in [2.05, 4.69) is 5.32 Å². The van der Waals surface area contributed by atoms with Crippen molar-refractivity contribution in [3.63, 3.8) is 0 Å². The van der Waals surface area contributed by atoms with E-state index in [9.17, 15) is 4.79 Å². The molecule has 2 aliphatic heterocycles. The fraction of sp³-hybridized carbons (Fsp3) is 0.421. The first kappa shape index (κ1) is 15.1. The number of furan rings is 1. The molecule has 2 aliphatic rings. The van der Waals surface area contributed by atoms with Crippen molar-refractivity contribution in [1.29, 1.82) is 0 Å². The Morgan fingerprint density at radius 2 is 2.12 bits per heavy atom. The Kier molecular flexibility index (Phi) is 4.15. The molecule has 0 aliphatic carbocycles. The van der Waals surface area contributed by atoms with Gasteiger partial charge in [-0.1, -0.05) is 18.2 Å². The van der Waals surface area contributed by atoms with Crippen LogP contribution in [0.5, 0.6) is 5.75 Å². The number of nitrogens with zero attached hydrogens (tertiary/aromatic N) is 1. The molecule has 0 spiro atoms. The molecule has 5 heteroatoms. The molecular formula is C19H22N2O3. The van der Waals surface area contributed by atoms with Crippen LogP contribution in [0.3, 0.4) is 0 Å². The number of hydrogen-bond donors (Lipinski definition) is 1. The smallest absolute Gasteiger partial charge is 0.317 e. The largest absolute Gasteiger partial charge is 0.493 e. The first-order chi connectivity index (χ1) is 11.8. The number of amides is 2. The van der Waals surface area contributed by atoms with Crippen LogP contribution >= 0.6 is 0 Å². The fourth-order valence-corrected chi connectivity index (χ4v) is 3.52. The van der Waals surface area contributed by atoms with Gasteiger partial charge in [-0.25, -0.2) is 4.79 Å². The number of carbonyl (C=O) groups excluding carboxylic acids is 1. The van der Waals surface area contributed by atoms with Gasteiger partial charge in [0, 0.05) is 18.7 Å². The van der Waals surface area contributed by atoms with Crippen LogP contribution in [0.2, 0.25) is 0 Å². The molecule has 1 aromatic heterocycles. The van der Waals surface area contributed by atoms with Crippen LogP contribution in [0, 0.1) is 5.92 Å². The van der Waals surface area contributed by atoms with E-state index in [1.807, 2.05) is 35.2 Å². The molecule has 0 saturated carbocycles. The number of urea groups is 1. The maximum atomic E-state index is 12.5. The Bertz CT molecular complexity index is 692. The summed E-state index contributed by atoms with van der Waals surface area (Å²) >= 11 is 0. The van der Waals surface area contributed by atoms with E-state index >= 15 is 0 Å². The molecule has 2 amide bonds. The molecule has 1 atom stereocenters. The third-order valence-corrected chi connectivity index (χ3v) is 4.84. The number of carbonyl (C=O) groups is 1. The van der Waals surface area contributed by atoms with Crippen molar-refractivity contribution in [2.24, 2.45) is 5.92 Å². The van der Waals surface area contributed by atoms with Gasteiger partial charge >= 0.3 is 6.03 Å². The Morgan fingerprint density at radius 1 is 1.25 bits per heavy atom. The summed E-state index contributed by atoms with van der Waals surface area (Å²) in [6, 6.07) is 10.0. The number of rotatable bonds is 3. The van der Waals surface area contributed by atoms with Crippen LogP contribution in [0.1, 0.15) is 30.0 Å². The molecule has 24 heavy (non-hydrogen) atoms. The molecular weight excluding hydrogens is 304 g/mol. The van der Waals surface area contributed by atoms with Crippen molar-refractivity contribution in [2.75, 3.05) is 19.7 Å². The highest BCUT2D eigenvalue weighted by molar-refractivity contribution is 5.75. The lowest BCUT2D eigenvalue weighted by atomic mass is 9.93. The molecule has 0 radical (unpaired) electrons. The second-order valence-electron chi connectivity index (χ2n) is 6.64. The van der Waals surface area contributed by atoms with Gasteiger partial charge in [-0.2, -0.15) is 0 Å². The van der Waals surface area contributed by atoms with E-state index in [4.69, 9.17) is 9.15 Å². The Labute approximate surface area is 141 Å². The summed E-state index contributed by atoms with van der Waals surface area (Å²) in [5, 5.41) is 3.18. The van der Waals surface area contributed by atoms with Crippen molar-refractivity contribution in [1.82, 2.24) is 10.2 Å². The number of ether oxygens (including phenoxy) is 1. The number of hydrogen-bond acceptors (Lipinski definition) is 3. The Balaban J connectivity index is 1.34. The van der Waals surface area contributed by atoms with E-state index in [-0.39, 0.29) is 12.1 Å². The predicted molar refractivity (Wildman–Crippen MR) is 89.9 cm³/mol. The molecule has 1 fully saturated rings. The summed E-state index contributed by atoms with van der Waals surface area (Å²) in [6.07, 6.45) is 6.31. The first-order valence-electron chi connectivity index (χ1n) is 8.58. The van der Waals surface area contributed by atoms with Crippen LogP contribution in [0.4, 0.5) is 4.79 Å². The average Bonchev–Trinajstić information content (AvgIpc) is 2.99. The summed E-state index contributed by atoms with van der Waals surface area (Å²) in [7, 11) is 0. The van der Waals surface area contributed by atoms with Gasteiger partial charge in [0.05, 0.1) is 25.2 Å². The summed E-state index contributed by atoms with van der Waals surface area (Å²) in [6.45, 7) is 2.32. The van der Waals surface area contributed by atoms with Gasteiger partial charge in [-0.3, -0.25) is 0 Å². The third-order valence-electron chi connectivity index (χ3n) is 4.84. The van der Waals surface area contributed by atoms with Crippen LogP contribution in [-0.2, 0) is 6.42 Å². The third kappa shape index (κ3) is 3.11. The van der Waals surface area contributed by atoms with Gasteiger partial charge in [0.15, 0.2) is 0 Å². The monoisotopic (exact) mass is 326 g/mol. The molecule has 1 unspecified atom stereocenters. The Hall–Kier alpha value is -2.43. The molecule has 0 bridgehead atoms. The molecule has 4 rings (SSSR count). The molecule has 126 valence electrons. The molecule has 5 nitrogen and oxygen atoms in total. The normalized spacial score (nSPS) is 20.5. The van der Waals surface area contributed by atoms with Gasteiger partial charge in [0.2, 0.25) is 0 Å². The number of likely N-dealkylation sites (tertiary alicyclic amines) is 1. The minimum absolute atomic E-state index is 0.0279. The van der Waals surface area contributed by atoms with E-state index in [1.54, 1.807) is 12.5 Å². The minimum atomic E-state index is 0.0279. The first-order valence-corrected chi connectivity index (χ1v) is 8.58. The van der Waals surface area contributed by atoms with Crippen molar-refractivity contribution >= 4 is 6.03 Å². The summed E-state index contributed by atoms with van der Waals surface area (Å²) in [5.74, 6) is 1.42. The summed E-state index contributed by atoms with van der Waals surface area (Å²) < 4.78 is 10.9. The zero-order valence-corrected chi connectivity index (χ0v) is 13.6. The van der Waals surface area contributed by atoms with E-state index in [1.165, 1.54) is 5.56 Å². The number of para-hydroxylation sites is 1. The van der Waals surface area contributed by atoms with Crippen molar-refractivity contribution in [3.05, 3.63) is 54.0 Å². The lowest BCUT2D eigenvalue weighted by Crippen LogP contribution is -2.54. The molecule has 3 heterocycles. The number of nitrogens with one attached hydrogen (secondary N) is 1. The van der Waals surface area contributed by atoms with Crippen molar-refractivity contribution < 1.29 is 13.9 Å². The maximum Gasteiger partial charge on any atom is 0.317 e. The second kappa shape index (κ2) is 6.59. The topological polar surface area (TPSA) is 54.7 Å². The zero-order valence-electron chi connectivity index (χ0n) is 13.6. The van der Waals surface area contributed by atoms with Gasteiger partial charge in [-0.05, 0) is 42.9 Å². The maximum absolute atomic E-state index is 12.5. The molecule has 2 aromatic rings. The molecule has 1 N–H and O–H groups in total. The second-order valence-corrected chi connectivity index (χ2v) is 6.64. The van der Waals surface area contributed by atoms with Crippen molar-refractivity contribution in [3.8, 4) is 5.75 Å². The van der Waals surface area contributed by atoms with Crippen LogP contribution < -0.4 is 10.1 Å². The predicted octanol–water partition coefficient (Wildman–Crippen LogP) is 3.38. The van der Waals surface area contributed by atoms with Gasteiger partial charge in [0.1, 0.15) is 5.75 Å². The lowest BCUT2D eigenvalue weighted by Gasteiger charge is -2.40. The van der Waals surface area contributed by atoms with Crippen LogP contribution in [0.25, 0.3) is 0 Å². The SMILES string of the molecule is O=C(NC1CCCOc2ccccc21)N1CC(Cc2ccoc2)C1. The van der Waals surface area contributed by atoms with E-state index in [0.29, 0.717) is 12.5 Å². The quantitative estimate of drug-likeness (QED) is 0.941. The highest BCUT2D eigenvalue weighted by Crippen LogP contribution is 2.31. The summed E-state index contributed by atoms with van der Waals surface area (Å²) in [4.78, 5) is 14.4. The zero-order chi connectivity index (χ0) is 16.4. The number of fused-ring (bicyclic) bond motifs is 1. The van der Waals surface area contributed by atoms with Gasteiger partial charge in [0.25, 0.3) is 0 Å². The molecule has 1 saturated heterocycles. The van der Waals surface area contributed by atoms with Gasteiger partial charge < -0.3 is 19.4 Å². The Morgan fingerprint density at radius 3 is 2.96 bits per heavy atom. The lowest BCUT2D eigenvalue weighted by molar-refractivity contribution is 0.117. The van der Waals surface area contributed by atoms with Gasteiger partial charge in [-0.15, -0.1) is 0 Å². The van der Waals surface area contributed by atoms with Crippen LogP contribution in [-0.4, -0.2) is 30.6 Å². The number of benzene rings is 1. The standard InChI is InChI=1S/C19H22N2O3/c22-19(21-11-15(12-21)10-14-7-9-23-13-14)20-17-5-3-8-24-18-6-2-1-4-16(17)18/h1-2,4,6-7,9,13,15,17H,3,5,8,10-12H2,(H,20,22). The highest BCUT2D eigenvalue weighted by atomic mass is 16.5. The minimum Gasteiger partial charge on any atom is -0.493 e. The average molecular weight is 326 g/mol. The van der Waals surface area contributed by atoms with E-state index in [0.717, 1.165) is 43.7 Å². The highest BCUT2D eigenvalue weighted by Gasteiger charge is 2.32. The summed E-state index contributed by atoms with van der Waals surface area (Å²) in [5.41, 5.74) is 2.29.